The van der Waals surface area contributed by atoms with Gasteiger partial charge in [0.05, 0.1) is 10.8 Å². The summed E-state index contributed by atoms with van der Waals surface area (Å²) in [6.45, 7) is 0.463. The van der Waals surface area contributed by atoms with Gasteiger partial charge in [0.25, 0.3) is 0 Å². The summed E-state index contributed by atoms with van der Waals surface area (Å²) in [6, 6.07) is 0. The fourth-order valence-electron chi connectivity index (χ4n) is 14.0. The lowest BCUT2D eigenvalue weighted by molar-refractivity contribution is -0.243. The number of rotatable bonds is 6. The van der Waals surface area contributed by atoms with E-state index >= 15 is 0 Å². The van der Waals surface area contributed by atoms with E-state index in [1.165, 1.54) is 57.8 Å². The van der Waals surface area contributed by atoms with Crippen LogP contribution in [0.3, 0.4) is 0 Å². The molecule has 1 saturated heterocycles. The summed E-state index contributed by atoms with van der Waals surface area (Å²) in [6.07, 6.45) is 16.9. The monoisotopic (exact) mass is 550 g/mol. The van der Waals surface area contributed by atoms with E-state index in [2.05, 4.69) is 0 Å². The van der Waals surface area contributed by atoms with Gasteiger partial charge in [0.1, 0.15) is 25.4 Å². The van der Waals surface area contributed by atoms with E-state index in [1.54, 1.807) is 0 Å². The van der Waals surface area contributed by atoms with Gasteiger partial charge in [-0.2, -0.15) is 0 Å². The second-order valence-electron chi connectivity index (χ2n) is 17.1. The fraction of sp³-hybridized carbons (Fsp3) is 0.941. The van der Waals surface area contributed by atoms with Crippen LogP contribution in [0.25, 0.3) is 0 Å². The van der Waals surface area contributed by atoms with E-state index in [0.29, 0.717) is 35.5 Å². The van der Waals surface area contributed by atoms with Crippen LogP contribution in [0.1, 0.15) is 96.3 Å². The van der Waals surface area contributed by atoms with Gasteiger partial charge in [-0.25, -0.2) is 0 Å². The molecule has 40 heavy (non-hydrogen) atoms. The standard InChI is InChI=1S/C34H46O6/c35-30(32-10-19-1-20(11-32)3-21(2-19)12-32)37-16-28-29(40-34(39-28)26-7-18-4-23(9-26)27(34)8-18)17-38-31(36)33-13-22-5-24(14-33)25(6-22)15-33/h18-29H,1-17H2. The Bertz CT molecular complexity index is 1070. The minimum absolute atomic E-state index is 0.00661. The van der Waals surface area contributed by atoms with Crippen molar-refractivity contribution in [3.05, 3.63) is 0 Å². The second kappa shape index (κ2) is 8.07. The van der Waals surface area contributed by atoms with Gasteiger partial charge >= 0.3 is 11.9 Å². The van der Waals surface area contributed by atoms with E-state index in [9.17, 15) is 9.59 Å². The van der Waals surface area contributed by atoms with Crippen LogP contribution in [-0.2, 0) is 28.5 Å². The molecule has 0 aromatic carbocycles. The number of carbonyl (C=O) groups is 2. The normalized spacial score (nSPS) is 59.0. The summed E-state index contributed by atoms with van der Waals surface area (Å²) in [4.78, 5) is 27.3. The topological polar surface area (TPSA) is 71.1 Å². The maximum atomic E-state index is 13.7. The molecule has 6 heteroatoms. The van der Waals surface area contributed by atoms with Gasteiger partial charge in [0, 0.05) is 11.8 Å². The lowest BCUT2D eigenvalue weighted by Crippen LogP contribution is -2.51. The van der Waals surface area contributed by atoms with Crippen LogP contribution in [0.2, 0.25) is 0 Å². The van der Waals surface area contributed by atoms with Crippen molar-refractivity contribution in [3.8, 4) is 0 Å². The largest absolute Gasteiger partial charge is 0.462 e. The molecule has 13 rings (SSSR count). The zero-order valence-electron chi connectivity index (χ0n) is 23.9. The van der Waals surface area contributed by atoms with Crippen molar-refractivity contribution in [2.45, 2.75) is 114 Å². The smallest absolute Gasteiger partial charge is 0.312 e. The molecule has 0 aromatic rings. The lowest BCUT2D eigenvalue weighted by atomic mass is 9.49. The molecule has 13 fully saturated rings. The molecule has 12 bridgehead atoms. The predicted octanol–water partition coefficient (Wildman–Crippen LogP) is 5.66. The molecular formula is C34H46O6. The van der Waals surface area contributed by atoms with Crippen LogP contribution < -0.4 is 0 Å². The van der Waals surface area contributed by atoms with Gasteiger partial charge in [-0.3, -0.25) is 9.59 Å². The van der Waals surface area contributed by atoms with Crippen molar-refractivity contribution in [3.63, 3.8) is 0 Å². The van der Waals surface area contributed by atoms with E-state index in [0.717, 1.165) is 62.2 Å². The molecule has 0 aromatic heterocycles. The van der Waals surface area contributed by atoms with Crippen molar-refractivity contribution in [1.82, 2.24) is 0 Å². The first-order valence-corrected chi connectivity index (χ1v) is 17.1. The van der Waals surface area contributed by atoms with Crippen LogP contribution >= 0.6 is 0 Å². The number of esters is 2. The molecule has 1 aliphatic heterocycles. The van der Waals surface area contributed by atoms with Crippen molar-refractivity contribution in [2.75, 3.05) is 13.2 Å². The first-order chi connectivity index (χ1) is 19.4. The maximum Gasteiger partial charge on any atom is 0.312 e. The Hall–Kier alpha value is -1.14. The van der Waals surface area contributed by atoms with Crippen LogP contribution in [-0.4, -0.2) is 43.1 Å². The van der Waals surface area contributed by atoms with Crippen molar-refractivity contribution >= 4 is 11.9 Å². The summed E-state index contributed by atoms with van der Waals surface area (Å²) in [5, 5.41) is 0. The third-order valence-corrected chi connectivity index (χ3v) is 14.8. The third kappa shape index (κ3) is 3.24. The van der Waals surface area contributed by atoms with E-state index in [1.807, 2.05) is 0 Å². The summed E-state index contributed by atoms with van der Waals surface area (Å²) in [7, 11) is 0. The zero-order valence-corrected chi connectivity index (χ0v) is 23.9. The van der Waals surface area contributed by atoms with Gasteiger partial charge < -0.3 is 18.9 Å². The molecule has 1 heterocycles. The summed E-state index contributed by atoms with van der Waals surface area (Å²) in [5.74, 6) is 6.19. The summed E-state index contributed by atoms with van der Waals surface area (Å²) >= 11 is 0. The highest BCUT2D eigenvalue weighted by atomic mass is 16.8. The molecule has 9 atom stereocenters. The van der Waals surface area contributed by atoms with Crippen LogP contribution in [0.4, 0.5) is 0 Å². The third-order valence-electron chi connectivity index (χ3n) is 14.8. The molecule has 12 saturated carbocycles. The molecule has 12 aliphatic carbocycles. The molecule has 0 N–H and O–H groups in total. The molecule has 218 valence electrons. The van der Waals surface area contributed by atoms with E-state index in [-0.39, 0.29) is 48.2 Å². The number of ether oxygens (including phenoxy) is 4. The Morgan fingerprint density at radius 2 is 1.05 bits per heavy atom. The highest BCUT2D eigenvalue weighted by molar-refractivity contribution is 5.78. The first-order valence-electron chi connectivity index (χ1n) is 17.1. The van der Waals surface area contributed by atoms with Crippen LogP contribution in [0, 0.1) is 70.0 Å². The molecule has 9 unspecified atom stereocenters. The van der Waals surface area contributed by atoms with E-state index < -0.39 is 5.79 Å². The molecule has 6 nitrogen and oxygen atoms in total. The van der Waals surface area contributed by atoms with E-state index in [4.69, 9.17) is 18.9 Å². The fourth-order valence-corrected chi connectivity index (χ4v) is 14.0. The predicted molar refractivity (Wildman–Crippen MR) is 143 cm³/mol. The Balaban J connectivity index is 0.865. The first kappa shape index (κ1) is 24.3. The molecule has 0 amide bonds. The lowest BCUT2D eigenvalue weighted by Gasteiger charge is -2.55. The SMILES string of the molecule is O=C(OCC1OC2(OC1COC(=O)C13CC4CC(C1)C(C4)C3)C1CC3CC(C1)C2C3)C12CC3CC(CC(C3)C1)C2. The second-order valence-corrected chi connectivity index (χ2v) is 17.1. The summed E-state index contributed by atoms with van der Waals surface area (Å²) in [5.41, 5.74) is -0.516. The minimum atomic E-state index is -0.560. The molecule has 13 aliphatic rings. The zero-order chi connectivity index (χ0) is 26.4. The van der Waals surface area contributed by atoms with Crippen molar-refractivity contribution < 1.29 is 28.5 Å². The Kier molecular flexibility index (Phi) is 4.90. The number of carbonyl (C=O) groups excluding carboxylic acids is 2. The molecule has 0 radical (unpaired) electrons. The Morgan fingerprint density at radius 3 is 1.57 bits per heavy atom. The van der Waals surface area contributed by atoms with Gasteiger partial charge in [0.2, 0.25) is 0 Å². The highest BCUT2D eigenvalue weighted by Gasteiger charge is 2.69. The van der Waals surface area contributed by atoms with Crippen LogP contribution in [0.5, 0.6) is 0 Å². The average molecular weight is 551 g/mol. The number of hydrogen-bond acceptors (Lipinski definition) is 6. The van der Waals surface area contributed by atoms with Crippen molar-refractivity contribution in [2.24, 2.45) is 70.0 Å². The Morgan fingerprint density at radius 1 is 0.550 bits per heavy atom. The van der Waals surface area contributed by atoms with Gasteiger partial charge in [-0.15, -0.1) is 0 Å². The quantitative estimate of drug-likeness (QED) is 0.398. The highest BCUT2D eigenvalue weighted by Crippen LogP contribution is 2.67. The van der Waals surface area contributed by atoms with Gasteiger partial charge in [-0.05, 0) is 144 Å². The average Bonchev–Trinajstić information content (AvgIpc) is 3.64. The Labute approximate surface area is 238 Å². The summed E-state index contributed by atoms with van der Waals surface area (Å²) < 4.78 is 26.2. The maximum absolute atomic E-state index is 13.7. The minimum Gasteiger partial charge on any atom is -0.462 e. The van der Waals surface area contributed by atoms with Crippen LogP contribution in [0.15, 0.2) is 0 Å². The van der Waals surface area contributed by atoms with Crippen molar-refractivity contribution in [1.29, 1.82) is 0 Å². The van der Waals surface area contributed by atoms with Gasteiger partial charge in [0.15, 0.2) is 5.79 Å². The number of hydrogen-bond donors (Lipinski definition) is 0. The molecule has 1 spiro atoms. The molecular weight excluding hydrogens is 504 g/mol. The van der Waals surface area contributed by atoms with Gasteiger partial charge in [-0.1, -0.05) is 0 Å².